The Balaban J connectivity index is 2.07. The second-order valence-corrected chi connectivity index (χ2v) is 4.73. The van der Waals surface area contributed by atoms with Crippen LogP contribution in [0, 0.1) is 0 Å². The molecule has 0 saturated carbocycles. The van der Waals surface area contributed by atoms with Crippen LogP contribution in [0.4, 0.5) is 5.69 Å². The molecule has 18 heavy (non-hydrogen) atoms. The summed E-state index contributed by atoms with van der Waals surface area (Å²) in [5.74, 6) is -0.441. The van der Waals surface area contributed by atoms with Gasteiger partial charge in [-0.3, -0.25) is 4.79 Å². The predicted molar refractivity (Wildman–Crippen MR) is 74.2 cm³/mol. The summed E-state index contributed by atoms with van der Waals surface area (Å²) in [6.07, 6.45) is -1.17. The molecule has 0 aromatic heterocycles. The quantitative estimate of drug-likeness (QED) is 0.915. The summed E-state index contributed by atoms with van der Waals surface area (Å²) in [7, 11) is 0. The summed E-state index contributed by atoms with van der Waals surface area (Å²) in [4.78, 5) is 11.8. The third-order valence-corrected chi connectivity index (χ3v) is 3.00. The molecule has 1 atom stereocenters. The Hall–Kier alpha value is -1.65. The number of anilines is 1. The smallest absolute Gasteiger partial charge is 0.257 e. The highest BCUT2D eigenvalue weighted by Gasteiger charge is 2.16. The van der Waals surface area contributed by atoms with Gasteiger partial charge in [0.05, 0.1) is 0 Å². The van der Waals surface area contributed by atoms with Gasteiger partial charge in [-0.15, -0.1) is 0 Å². The van der Waals surface area contributed by atoms with E-state index in [0.717, 1.165) is 4.47 Å². The number of hydrogen-bond acceptors (Lipinski definition) is 2. The highest BCUT2D eigenvalue weighted by atomic mass is 79.9. The van der Waals surface area contributed by atoms with Crippen LogP contribution in [-0.4, -0.2) is 11.0 Å². The van der Waals surface area contributed by atoms with Crippen molar-refractivity contribution in [2.24, 2.45) is 0 Å². The van der Waals surface area contributed by atoms with Gasteiger partial charge in [-0.2, -0.15) is 0 Å². The Morgan fingerprint density at radius 1 is 1.06 bits per heavy atom. The first-order chi connectivity index (χ1) is 8.66. The fraction of sp³-hybridized carbons (Fsp3) is 0.0714. The third-order valence-electron chi connectivity index (χ3n) is 2.48. The van der Waals surface area contributed by atoms with Crippen molar-refractivity contribution in [1.82, 2.24) is 0 Å². The molecule has 0 aliphatic rings. The van der Waals surface area contributed by atoms with Gasteiger partial charge < -0.3 is 10.4 Å². The van der Waals surface area contributed by atoms with Crippen LogP contribution in [0.15, 0.2) is 59.1 Å². The molecular formula is C14H12BrNO2. The standard InChI is InChI=1S/C14H12BrNO2/c15-11-8-6-10(7-9-11)13(17)14(18)16-12-4-2-1-3-5-12/h1-9,13,17H,(H,16,18)/t13-/m0/s1. The van der Waals surface area contributed by atoms with Gasteiger partial charge in [-0.25, -0.2) is 0 Å². The molecule has 2 N–H and O–H groups in total. The van der Waals surface area contributed by atoms with Crippen molar-refractivity contribution in [2.45, 2.75) is 6.10 Å². The average Bonchev–Trinajstić information content (AvgIpc) is 2.40. The lowest BCUT2D eigenvalue weighted by Gasteiger charge is -2.11. The van der Waals surface area contributed by atoms with E-state index in [1.165, 1.54) is 0 Å². The second-order valence-electron chi connectivity index (χ2n) is 3.81. The second kappa shape index (κ2) is 5.80. The molecule has 3 nitrogen and oxygen atoms in total. The molecule has 0 aliphatic carbocycles. The van der Waals surface area contributed by atoms with Crippen LogP contribution in [0.2, 0.25) is 0 Å². The minimum atomic E-state index is -1.17. The lowest BCUT2D eigenvalue weighted by atomic mass is 10.1. The van der Waals surface area contributed by atoms with Crippen LogP contribution >= 0.6 is 15.9 Å². The van der Waals surface area contributed by atoms with E-state index in [9.17, 15) is 9.90 Å². The average molecular weight is 306 g/mol. The molecule has 2 rings (SSSR count). The summed E-state index contributed by atoms with van der Waals surface area (Å²) in [6, 6.07) is 16.0. The molecule has 0 spiro atoms. The maximum Gasteiger partial charge on any atom is 0.257 e. The van der Waals surface area contributed by atoms with Crippen LogP contribution in [0.1, 0.15) is 11.7 Å². The van der Waals surface area contributed by atoms with Crippen molar-refractivity contribution in [3.05, 3.63) is 64.6 Å². The highest BCUT2D eigenvalue weighted by Crippen LogP contribution is 2.18. The Bertz CT molecular complexity index is 525. The van der Waals surface area contributed by atoms with Crippen molar-refractivity contribution in [3.63, 3.8) is 0 Å². The zero-order chi connectivity index (χ0) is 13.0. The molecule has 0 heterocycles. The van der Waals surface area contributed by atoms with E-state index in [1.807, 2.05) is 18.2 Å². The molecule has 0 aliphatic heterocycles. The molecule has 0 fully saturated rings. The van der Waals surface area contributed by atoms with Crippen molar-refractivity contribution in [2.75, 3.05) is 5.32 Å². The summed E-state index contributed by atoms with van der Waals surface area (Å²) < 4.78 is 0.905. The molecular weight excluding hydrogens is 294 g/mol. The van der Waals surface area contributed by atoms with E-state index >= 15 is 0 Å². The van der Waals surface area contributed by atoms with E-state index in [1.54, 1.807) is 36.4 Å². The molecule has 0 bridgehead atoms. The molecule has 2 aromatic carbocycles. The summed E-state index contributed by atoms with van der Waals surface area (Å²) >= 11 is 3.30. The fourth-order valence-electron chi connectivity index (χ4n) is 1.53. The van der Waals surface area contributed by atoms with Crippen molar-refractivity contribution in [3.8, 4) is 0 Å². The monoisotopic (exact) mass is 305 g/mol. The van der Waals surface area contributed by atoms with Crippen LogP contribution in [0.3, 0.4) is 0 Å². The van der Waals surface area contributed by atoms with Gasteiger partial charge in [0.25, 0.3) is 5.91 Å². The fourth-order valence-corrected chi connectivity index (χ4v) is 1.79. The normalized spacial score (nSPS) is 11.9. The van der Waals surface area contributed by atoms with Crippen molar-refractivity contribution < 1.29 is 9.90 Å². The number of carbonyl (C=O) groups excluding carboxylic acids is 1. The lowest BCUT2D eigenvalue weighted by molar-refractivity contribution is -0.124. The topological polar surface area (TPSA) is 49.3 Å². The zero-order valence-electron chi connectivity index (χ0n) is 9.51. The molecule has 2 aromatic rings. The minimum Gasteiger partial charge on any atom is -0.378 e. The first-order valence-corrected chi connectivity index (χ1v) is 6.25. The van der Waals surface area contributed by atoms with Gasteiger partial charge in [0.1, 0.15) is 0 Å². The van der Waals surface area contributed by atoms with Crippen molar-refractivity contribution >= 4 is 27.5 Å². The number of rotatable bonds is 3. The van der Waals surface area contributed by atoms with Gasteiger partial charge >= 0.3 is 0 Å². The summed E-state index contributed by atoms with van der Waals surface area (Å²) in [6.45, 7) is 0. The summed E-state index contributed by atoms with van der Waals surface area (Å²) in [5, 5.41) is 12.6. The molecule has 0 saturated heterocycles. The van der Waals surface area contributed by atoms with E-state index in [2.05, 4.69) is 21.2 Å². The molecule has 1 amide bonds. The maximum absolute atomic E-state index is 11.8. The van der Waals surface area contributed by atoms with Gasteiger partial charge in [0.2, 0.25) is 0 Å². The molecule has 0 radical (unpaired) electrons. The van der Waals surface area contributed by atoms with E-state index in [0.29, 0.717) is 11.3 Å². The van der Waals surface area contributed by atoms with Gasteiger partial charge in [0, 0.05) is 10.2 Å². The molecule has 92 valence electrons. The number of aliphatic hydroxyl groups excluding tert-OH is 1. The zero-order valence-corrected chi connectivity index (χ0v) is 11.1. The third kappa shape index (κ3) is 3.18. The molecule has 0 unspecified atom stereocenters. The largest absolute Gasteiger partial charge is 0.378 e. The number of halogens is 1. The maximum atomic E-state index is 11.8. The number of nitrogens with one attached hydrogen (secondary N) is 1. The number of hydrogen-bond donors (Lipinski definition) is 2. The van der Waals surface area contributed by atoms with E-state index < -0.39 is 12.0 Å². The Kier molecular flexibility index (Phi) is 4.12. The Morgan fingerprint density at radius 2 is 1.67 bits per heavy atom. The van der Waals surface area contributed by atoms with Crippen molar-refractivity contribution in [1.29, 1.82) is 0 Å². The number of benzene rings is 2. The predicted octanol–water partition coefficient (Wildman–Crippen LogP) is 3.12. The number of aliphatic hydroxyl groups is 1. The summed E-state index contributed by atoms with van der Waals surface area (Å²) in [5.41, 5.74) is 1.23. The number of amides is 1. The SMILES string of the molecule is O=C(Nc1ccccc1)[C@@H](O)c1ccc(Br)cc1. The highest BCUT2D eigenvalue weighted by molar-refractivity contribution is 9.10. The first kappa shape index (κ1) is 12.8. The van der Waals surface area contributed by atoms with E-state index in [-0.39, 0.29) is 0 Å². The van der Waals surface area contributed by atoms with Gasteiger partial charge in [0.15, 0.2) is 6.10 Å². The first-order valence-electron chi connectivity index (χ1n) is 5.46. The van der Waals surface area contributed by atoms with Crippen LogP contribution in [-0.2, 0) is 4.79 Å². The Labute approximate surface area is 114 Å². The van der Waals surface area contributed by atoms with Crippen LogP contribution in [0.5, 0.6) is 0 Å². The van der Waals surface area contributed by atoms with Crippen LogP contribution in [0.25, 0.3) is 0 Å². The Morgan fingerprint density at radius 3 is 2.28 bits per heavy atom. The van der Waals surface area contributed by atoms with E-state index in [4.69, 9.17) is 0 Å². The minimum absolute atomic E-state index is 0.441. The van der Waals surface area contributed by atoms with Gasteiger partial charge in [-0.05, 0) is 29.8 Å². The number of carbonyl (C=O) groups is 1. The lowest BCUT2D eigenvalue weighted by Crippen LogP contribution is -2.20. The number of para-hydroxylation sites is 1. The van der Waals surface area contributed by atoms with Crippen LogP contribution < -0.4 is 5.32 Å². The van der Waals surface area contributed by atoms with Gasteiger partial charge in [-0.1, -0.05) is 46.3 Å². The molecule has 4 heteroatoms.